The fraction of sp³-hybridized carbons (Fsp3) is 0.421. The van der Waals surface area contributed by atoms with Crippen LogP contribution >= 0.6 is 11.3 Å². The second-order valence-electron chi connectivity index (χ2n) is 7.01. The number of sulfonamides is 1. The Morgan fingerprint density at radius 3 is 2.54 bits per heavy atom. The number of benzene rings is 1. The smallest absolute Gasteiger partial charge is 0.265 e. The number of rotatable bonds is 4. The average Bonchev–Trinajstić information content (AvgIpc) is 3.09. The zero-order valence-electron chi connectivity index (χ0n) is 15.3. The number of amides is 1. The van der Waals surface area contributed by atoms with E-state index in [1.54, 1.807) is 5.38 Å². The van der Waals surface area contributed by atoms with E-state index in [1.165, 1.54) is 10.4 Å². The second kappa shape index (κ2) is 7.50. The van der Waals surface area contributed by atoms with Crippen LogP contribution in [0.4, 0.5) is 5.69 Å². The molecule has 0 aliphatic carbocycles. The molecular weight excluding hydrogens is 368 g/mol. The van der Waals surface area contributed by atoms with Crippen molar-refractivity contribution < 1.29 is 13.2 Å². The number of hydrogen-bond donors (Lipinski definition) is 1. The van der Waals surface area contributed by atoms with Crippen molar-refractivity contribution >= 4 is 33.0 Å². The molecule has 0 radical (unpaired) electrons. The third-order valence-electron chi connectivity index (χ3n) is 4.81. The van der Waals surface area contributed by atoms with Gasteiger partial charge in [0.25, 0.3) is 5.91 Å². The highest BCUT2D eigenvalue weighted by Crippen LogP contribution is 2.27. The maximum Gasteiger partial charge on any atom is 0.265 e. The lowest BCUT2D eigenvalue weighted by molar-refractivity contribution is 0.103. The zero-order valence-corrected chi connectivity index (χ0v) is 16.9. The normalized spacial score (nSPS) is 16.6. The molecule has 7 heteroatoms. The number of piperidine rings is 1. The Balaban J connectivity index is 1.75. The Labute approximate surface area is 159 Å². The molecule has 0 unspecified atom stereocenters. The van der Waals surface area contributed by atoms with E-state index in [4.69, 9.17) is 0 Å². The monoisotopic (exact) mass is 392 g/mol. The van der Waals surface area contributed by atoms with Crippen LogP contribution in [-0.2, 0) is 10.0 Å². The van der Waals surface area contributed by atoms with Crippen LogP contribution in [0.1, 0.15) is 40.6 Å². The first-order valence-electron chi connectivity index (χ1n) is 8.74. The van der Waals surface area contributed by atoms with E-state index < -0.39 is 10.0 Å². The molecule has 2 heterocycles. The van der Waals surface area contributed by atoms with Gasteiger partial charge in [-0.2, -0.15) is 4.31 Å². The van der Waals surface area contributed by atoms with E-state index in [0.717, 1.165) is 41.0 Å². The second-order valence-corrected chi connectivity index (χ2v) is 9.85. The number of anilines is 1. The van der Waals surface area contributed by atoms with Crippen LogP contribution in [0.15, 0.2) is 34.5 Å². The maximum atomic E-state index is 12.8. The zero-order chi connectivity index (χ0) is 18.9. The minimum absolute atomic E-state index is 0.211. The Morgan fingerprint density at radius 1 is 1.19 bits per heavy atom. The molecule has 140 valence electrons. The third-order valence-corrected chi connectivity index (χ3v) is 7.76. The van der Waals surface area contributed by atoms with Gasteiger partial charge in [0, 0.05) is 24.2 Å². The van der Waals surface area contributed by atoms with Crippen molar-refractivity contribution in [2.45, 2.75) is 38.5 Å². The first-order valence-corrected chi connectivity index (χ1v) is 11.1. The van der Waals surface area contributed by atoms with Crippen LogP contribution in [0.3, 0.4) is 0 Å². The highest BCUT2D eigenvalue weighted by Gasteiger charge is 2.29. The summed E-state index contributed by atoms with van der Waals surface area (Å²) in [5, 5.41) is 4.43. The predicted octanol–water partition coefficient (Wildman–Crippen LogP) is 4.04. The number of nitrogens with one attached hydrogen (secondary N) is 1. The first kappa shape index (κ1) is 19.1. The van der Waals surface area contributed by atoms with Gasteiger partial charge in [-0.15, -0.1) is 11.3 Å². The molecule has 0 atom stereocenters. The van der Waals surface area contributed by atoms with Gasteiger partial charge in [0.2, 0.25) is 10.0 Å². The van der Waals surface area contributed by atoms with Gasteiger partial charge in [-0.05, 0) is 50.3 Å². The molecule has 1 amide bonds. The highest BCUT2D eigenvalue weighted by atomic mass is 32.2. The van der Waals surface area contributed by atoms with Crippen molar-refractivity contribution in [2.75, 3.05) is 18.4 Å². The topological polar surface area (TPSA) is 66.5 Å². The average molecular weight is 393 g/mol. The van der Waals surface area contributed by atoms with Crippen molar-refractivity contribution in [2.24, 2.45) is 5.92 Å². The van der Waals surface area contributed by atoms with Crippen LogP contribution in [0.25, 0.3) is 0 Å². The molecule has 1 aromatic carbocycles. The van der Waals surface area contributed by atoms with E-state index in [1.807, 2.05) is 32.0 Å². The summed E-state index contributed by atoms with van der Waals surface area (Å²) >= 11 is 1.16. The van der Waals surface area contributed by atoms with Gasteiger partial charge in [0.05, 0.1) is 9.77 Å². The van der Waals surface area contributed by atoms with Crippen molar-refractivity contribution in [3.63, 3.8) is 0 Å². The van der Waals surface area contributed by atoms with E-state index >= 15 is 0 Å². The van der Waals surface area contributed by atoms with Crippen molar-refractivity contribution in [3.8, 4) is 0 Å². The Kier molecular flexibility index (Phi) is 5.50. The number of carbonyl (C=O) groups is 1. The summed E-state index contributed by atoms with van der Waals surface area (Å²) in [6.07, 6.45) is 1.76. The van der Waals surface area contributed by atoms with Crippen LogP contribution in [0.2, 0.25) is 0 Å². The van der Waals surface area contributed by atoms with Gasteiger partial charge in [0.15, 0.2) is 0 Å². The van der Waals surface area contributed by atoms with Crippen molar-refractivity contribution in [1.29, 1.82) is 0 Å². The number of thiophene rings is 1. The lowest BCUT2D eigenvalue weighted by Gasteiger charge is -2.29. The molecule has 1 aromatic heterocycles. The number of nitrogens with zero attached hydrogens (tertiary/aromatic N) is 1. The molecule has 1 saturated heterocycles. The number of hydrogen-bond acceptors (Lipinski definition) is 4. The lowest BCUT2D eigenvalue weighted by atomic mass is 10.0. The summed E-state index contributed by atoms with van der Waals surface area (Å²) in [4.78, 5) is 13.1. The van der Waals surface area contributed by atoms with Gasteiger partial charge in [-0.3, -0.25) is 4.79 Å². The quantitative estimate of drug-likeness (QED) is 0.854. The van der Waals surface area contributed by atoms with Gasteiger partial charge in [-0.25, -0.2) is 8.42 Å². The van der Waals surface area contributed by atoms with Gasteiger partial charge >= 0.3 is 0 Å². The van der Waals surface area contributed by atoms with Gasteiger partial charge < -0.3 is 5.32 Å². The first-order chi connectivity index (χ1) is 12.3. The Hall–Kier alpha value is -1.70. The van der Waals surface area contributed by atoms with Crippen molar-refractivity contribution in [3.05, 3.63) is 45.6 Å². The molecule has 1 aliphatic heterocycles. The molecule has 0 bridgehead atoms. The third kappa shape index (κ3) is 4.00. The molecule has 1 fully saturated rings. The van der Waals surface area contributed by atoms with E-state index in [9.17, 15) is 13.2 Å². The molecule has 1 N–H and O–H groups in total. The molecule has 3 rings (SSSR count). The van der Waals surface area contributed by atoms with E-state index in [0.29, 0.717) is 23.9 Å². The summed E-state index contributed by atoms with van der Waals surface area (Å²) in [5.74, 6) is 0.277. The minimum atomic E-state index is -3.52. The standard InChI is InChI=1S/C19H24N2O3S2/c1-13-6-8-21(9-7-13)26(23,24)16-11-18(25-12-16)19(22)20-17-5-4-14(2)10-15(17)3/h4-5,10-13H,6-9H2,1-3H3,(H,20,22). The fourth-order valence-electron chi connectivity index (χ4n) is 3.09. The summed E-state index contributed by atoms with van der Waals surface area (Å²) < 4.78 is 27.1. The molecule has 2 aromatic rings. The molecule has 1 aliphatic rings. The minimum Gasteiger partial charge on any atom is -0.321 e. The summed E-state index contributed by atoms with van der Waals surface area (Å²) in [6.45, 7) is 7.16. The van der Waals surface area contributed by atoms with Crippen LogP contribution in [0, 0.1) is 19.8 Å². The van der Waals surface area contributed by atoms with E-state index in [-0.39, 0.29) is 10.8 Å². The molecule has 0 spiro atoms. The molecule has 26 heavy (non-hydrogen) atoms. The molecule has 0 saturated carbocycles. The summed E-state index contributed by atoms with van der Waals surface area (Å²) in [5.41, 5.74) is 2.84. The van der Waals surface area contributed by atoms with Crippen LogP contribution in [0.5, 0.6) is 0 Å². The molecule has 5 nitrogen and oxygen atoms in total. The SMILES string of the molecule is Cc1ccc(NC(=O)c2cc(S(=O)(=O)N3CCC(C)CC3)cs2)c(C)c1. The lowest BCUT2D eigenvalue weighted by Crippen LogP contribution is -2.37. The van der Waals surface area contributed by atoms with Gasteiger partial charge in [0.1, 0.15) is 0 Å². The predicted molar refractivity (Wildman–Crippen MR) is 105 cm³/mol. The largest absolute Gasteiger partial charge is 0.321 e. The number of aryl methyl sites for hydroxylation is 2. The van der Waals surface area contributed by atoms with Crippen LogP contribution in [-0.4, -0.2) is 31.7 Å². The summed E-state index contributed by atoms with van der Waals surface area (Å²) in [7, 11) is -3.52. The Bertz CT molecular complexity index is 911. The Morgan fingerprint density at radius 2 is 1.88 bits per heavy atom. The van der Waals surface area contributed by atoms with E-state index in [2.05, 4.69) is 12.2 Å². The van der Waals surface area contributed by atoms with Crippen molar-refractivity contribution in [1.82, 2.24) is 4.31 Å². The maximum absolute atomic E-state index is 12.8. The summed E-state index contributed by atoms with van der Waals surface area (Å²) in [6, 6.07) is 7.28. The fourth-order valence-corrected chi connectivity index (χ4v) is 5.71. The number of carbonyl (C=O) groups excluding carboxylic acids is 1. The van der Waals surface area contributed by atoms with Gasteiger partial charge in [-0.1, -0.05) is 24.6 Å². The van der Waals surface area contributed by atoms with Crippen LogP contribution < -0.4 is 5.32 Å². The molecular formula is C19H24N2O3S2. The highest BCUT2D eigenvalue weighted by molar-refractivity contribution is 7.89.